The molecule has 0 saturated carbocycles. The zero-order valence-electron chi connectivity index (χ0n) is 17.0. The summed E-state index contributed by atoms with van der Waals surface area (Å²) < 4.78 is 13.4. The number of benzene rings is 3. The molecule has 31 heavy (non-hydrogen) atoms. The van der Waals surface area contributed by atoms with Crippen LogP contribution in [0, 0.1) is 5.82 Å². The number of amides is 1. The minimum absolute atomic E-state index is 0.0742. The lowest BCUT2D eigenvalue weighted by atomic mass is 10.1. The van der Waals surface area contributed by atoms with Crippen molar-refractivity contribution in [3.63, 3.8) is 0 Å². The Morgan fingerprint density at radius 1 is 0.903 bits per heavy atom. The van der Waals surface area contributed by atoms with Crippen LogP contribution in [0.15, 0.2) is 91.3 Å². The van der Waals surface area contributed by atoms with Crippen LogP contribution in [0.25, 0.3) is 11.1 Å². The minimum Gasteiger partial charge on any atom is -0.337 e. The first kappa shape index (κ1) is 20.2. The standard InChI is InChI=1S/C25H21FN4O/c1-30(17-18-7-3-2-4-8-18)24(31)20-10-6-12-23(14-20)29-25-27-15-21(16-28-25)19-9-5-11-22(26)13-19/h2-16H,17H2,1H3,(H,27,28,29). The van der Waals surface area contributed by atoms with Crippen LogP contribution < -0.4 is 5.32 Å². The lowest BCUT2D eigenvalue weighted by molar-refractivity contribution is 0.0785. The van der Waals surface area contributed by atoms with Gasteiger partial charge in [0.05, 0.1) is 0 Å². The predicted octanol–water partition coefficient (Wildman–Crippen LogP) is 5.30. The molecular formula is C25H21FN4O. The zero-order valence-corrected chi connectivity index (χ0v) is 17.0. The normalized spacial score (nSPS) is 10.5. The highest BCUT2D eigenvalue weighted by Crippen LogP contribution is 2.21. The molecule has 0 saturated heterocycles. The largest absolute Gasteiger partial charge is 0.337 e. The van der Waals surface area contributed by atoms with Crippen LogP contribution in [0.3, 0.4) is 0 Å². The van der Waals surface area contributed by atoms with Crippen molar-refractivity contribution in [2.75, 3.05) is 12.4 Å². The van der Waals surface area contributed by atoms with Gasteiger partial charge in [0, 0.05) is 42.8 Å². The van der Waals surface area contributed by atoms with E-state index in [1.807, 2.05) is 42.5 Å². The lowest BCUT2D eigenvalue weighted by Crippen LogP contribution is -2.26. The van der Waals surface area contributed by atoms with Crippen LogP contribution in [-0.2, 0) is 6.54 Å². The maximum Gasteiger partial charge on any atom is 0.253 e. The van der Waals surface area contributed by atoms with E-state index in [1.54, 1.807) is 48.6 Å². The fourth-order valence-corrected chi connectivity index (χ4v) is 3.22. The summed E-state index contributed by atoms with van der Waals surface area (Å²) in [6.45, 7) is 0.530. The van der Waals surface area contributed by atoms with E-state index in [2.05, 4.69) is 15.3 Å². The molecule has 1 heterocycles. The number of rotatable bonds is 6. The molecule has 1 aromatic heterocycles. The van der Waals surface area contributed by atoms with Crippen molar-refractivity contribution >= 4 is 17.5 Å². The molecule has 1 amide bonds. The van der Waals surface area contributed by atoms with Gasteiger partial charge in [-0.1, -0.05) is 48.5 Å². The average molecular weight is 412 g/mol. The molecular weight excluding hydrogens is 391 g/mol. The number of carbonyl (C=O) groups is 1. The molecule has 0 spiro atoms. The highest BCUT2D eigenvalue weighted by molar-refractivity contribution is 5.95. The summed E-state index contributed by atoms with van der Waals surface area (Å²) in [5.41, 5.74) is 3.77. The zero-order chi connectivity index (χ0) is 21.6. The maximum absolute atomic E-state index is 13.4. The second-order valence-corrected chi connectivity index (χ2v) is 7.16. The van der Waals surface area contributed by atoms with Gasteiger partial charge in [0.15, 0.2) is 0 Å². The molecule has 3 aromatic carbocycles. The van der Waals surface area contributed by atoms with Crippen molar-refractivity contribution in [2.45, 2.75) is 6.54 Å². The van der Waals surface area contributed by atoms with Crippen molar-refractivity contribution in [1.29, 1.82) is 0 Å². The Morgan fingerprint density at radius 2 is 1.65 bits per heavy atom. The van der Waals surface area contributed by atoms with E-state index < -0.39 is 0 Å². The lowest BCUT2D eigenvalue weighted by Gasteiger charge is -2.18. The summed E-state index contributed by atoms with van der Waals surface area (Å²) in [7, 11) is 1.78. The van der Waals surface area contributed by atoms with Gasteiger partial charge >= 0.3 is 0 Å². The van der Waals surface area contributed by atoms with Crippen molar-refractivity contribution in [3.8, 4) is 11.1 Å². The number of aromatic nitrogens is 2. The fourth-order valence-electron chi connectivity index (χ4n) is 3.22. The molecule has 0 bridgehead atoms. The van der Waals surface area contributed by atoms with Gasteiger partial charge in [-0.25, -0.2) is 14.4 Å². The monoisotopic (exact) mass is 412 g/mol. The van der Waals surface area contributed by atoms with Crippen molar-refractivity contribution < 1.29 is 9.18 Å². The Labute approximate surface area is 180 Å². The van der Waals surface area contributed by atoms with Crippen molar-refractivity contribution in [2.24, 2.45) is 0 Å². The van der Waals surface area contributed by atoms with Crippen molar-refractivity contribution in [1.82, 2.24) is 14.9 Å². The van der Waals surface area contributed by atoms with E-state index in [0.717, 1.165) is 11.1 Å². The highest BCUT2D eigenvalue weighted by atomic mass is 19.1. The van der Waals surface area contributed by atoms with Gasteiger partial charge in [-0.15, -0.1) is 0 Å². The molecule has 0 radical (unpaired) electrons. The smallest absolute Gasteiger partial charge is 0.253 e. The van der Waals surface area contributed by atoms with Crippen LogP contribution in [-0.4, -0.2) is 27.8 Å². The quantitative estimate of drug-likeness (QED) is 0.467. The van der Waals surface area contributed by atoms with E-state index in [1.165, 1.54) is 12.1 Å². The van der Waals surface area contributed by atoms with Gasteiger partial charge in [0.25, 0.3) is 5.91 Å². The van der Waals surface area contributed by atoms with E-state index in [0.29, 0.717) is 29.3 Å². The Morgan fingerprint density at radius 3 is 2.39 bits per heavy atom. The summed E-state index contributed by atoms with van der Waals surface area (Å²) >= 11 is 0. The van der Waals surface area contributed by atoms with Crippen LogP contribution in [0.1, 0.15) is 15.9 Å². The summed E-state index contributed by atoms with van der Waals surface area (Å²) in [6.07, 6.45) is 3.26. The average Bonchev–Trinajstić information content (AvgIpc) is 2.80. The molecule has 0 aliphatic heterocycles. The molecule has 4 aromatic rings. The van der Waals surface area contributed by atoms with Crippen LogP contribution in [0.2, 0.25) is 0 Å². The fraction of sp³-hybridized carbons (Fsp3) is 0.0800. The second-order valence-electron chi connectivity index (χ2n) is 7.16. The molecule has 6 heteroatoms. The SMILES string of the molecule is CN(Cc1ccccc1)C(=O)c1cccc(Nc2ncc(-c3cccc(F)c3)cn2)c1. The number of anilines is 2. The number of carbonyl (C=O) groups excluding carboxylic acids is 1. The van der Waals surface area contributed by atoms with Gasteiger partial charge in [0.1, 0.15) is 5.82 Å². The van der Waals surface area contributed by atoms with E-state index in [4.69, 9.17) is 0 Å². The Balaban J connectivity index is 1.45. The van der Waals surface area contributed by atoms with Gasteiger partial charge in [-0.3, -0.25) is 4.79 Å². The molecule has 5 nitrogen and oxygen atoms in total. The van der Waals surface area contributed by atoms with E-state index >= 15 is 0 Å². The van der Waals surface area contributed by atoms with Gasteiger partial charge in [-0.2, -0.15) is 0 Å². The summed E-state index contributed by atoms with van der Waals surface area (Å²) in [4.78, 5) is 23.1. The Bertz CT molecular complexity index is 1180. The first-order valence-corrected chi connectivity index (χ1v) is 9.83. The number of halogens is 1. The second kappa shape index (κ2) is 9.17. The van der Waals surface area contributed by atoms with Crippen LogP contribution >= 0.6 is 0 Å². The molecule has 0 atom stereocenters. The predicted molar refractivity (Wildman–Crippen MR) is 119 cm³/mol. The molecule has 0 fully saturated rings. The topological polar surface area (TPSA) is 58.1 Å². The van der Waals surface area contributed by atoms with Gasteiger partial charge in [0.2, 0.25) is 5.95 Å². The summed E-state index contributed by atoms with van der Waals surface area (Å²) in [5.74, 6) is 0.00989. The molecule has 1 N–H and O–H groups in total. The number of nitrogens with zero attached hydrogens (tertiary/aromatic N) is 3. The molecule has 154 valence electrons. The third-order valence-corrected chi connectivity index (χ3v) is 4.78. The summed E-state index contributed by atoms with van der Waals surface area (Å²) in [6, 6.07) is 23.3. The van der Waals surface area contributed by atoms with Gasteiger partial charge < -0.3 is 10.2 Å². The highest BCUT2D eigenvalue weighted by Gasteiger charge is 2.13. The minimum atomic E-state index is -0.307. The Hall–Kier alpha value is -4.06. The molecule has 0 aliphatic carbocycles. The molecule has 0 aliphatic rings. The maximum atomic E-state index is 13.4. The molecule has 4 rings (SSSR count). The van der Waals surface area contributed by atoms with Crippen molar-refractivity contribution in [3.05, 3.63) is 108 Å². The van der Waals surface area contributed by atoms with Gasteiger partial charge in [-0.05, 0) is 41.5 Å². The van der Waals surface area contributed by atoms with E-state index in [9.17, 15) is 9.18 Å². The third-order valence-electron chi connectivity index (χ3n) is 4.78. The van der Waals surface area contributed by atoms with E-state index in [-0.39, 0.29) is 11.7 Å². The Kier molecular flexibility index (Phi) is 5.98. The van der Waals surface area contributed by atoms with Crippen LogP contribution in [0.5, 0.6) is 0 Å². The first-order valence-electron chi connectivity index (χ1n) is 9.83. The summed E-state index contributed by atoms with van der Waals surface area (Å²) in [5, 5.41) is 3.11. The number of hydrogen-bond donors (Lipinski definition) is 1. The number of hydrogen-bond acceptors (Lipinski definition) is 4. The molecule has 0 unspecified atom stereocenters. The third kappa shape index (κ3) is 5.11. The number of nitrogens with one attached hydrogen (secondary N) is 1. The van der Waals surface area contributed by atoms with Crippen LogP contribution in [0.4, 0.5) is 16.0 Å². The first-order chi connectivity index (χ1) is 15.1.